The Kier molecular flexibility index (Phi) is 4.89. The minimum absolute atomic E-state index is 0.0333. The third kappa shape index (κ3) is 3.30. The minimum atomic E-state index is -0.206. The number of hydrogen-bond donors (Lipinski definition) is 0. The lowest BCUT2D eigenvalue weighted by Crippen LogP contribution is -2.42. The Morgan fingerprint density at radius 3 is 2.71 bits per heavy atom. The summed E-state index contributed by atoms with van der Waals surface area (Å²) in [7, 11) is 1.56. The van der Waals surface area contributed by atoms with E-state index < -0.39 is 0 Å². The van der Waals surface area contributed by atoms with Gasteiger partial charge in [-0.1, -0.05) is 18.2 Å². The average Bonchev–Trinajstić information content (AvgIpc) is 2.67. The summed E-state index contributed by atoms with van der Waals surface area (Å²) in [5, 5.41) is 0. The molecule has 0 unspecified atom stereocenters. The van der Waals surface area contributed by atoms with Gasteiger partial charge in [-0.25, -0.2) is 0 Å². The average molecular weight is 324 g/mol. The lowest BCUT2D eigenvalue weighted by molar-refractivity contribution is 0.0631. The third-order valence-corrected chi connectivity index (χ3v) is 4.34. The molecule has 24 heavy (non-hydrogen) atoms. The molecule has 1 aliphatic rings. The summed E-state index contributed by atoms with van der Waals surface area (Å²) >= 11 is 0. The van der Waals surface area contributed by atoms with Crippen molar-refractivity contribution in [3.63, 3.8) is 0 Å². The number of likely N-dealkylation sites (tertiary alicyclic amines) is 1. The molecule has 124 valence electrons. The molecule has 1 atom stereocenters. The number of carbonyl (C=O) groups excluding carboxylic acids is 2. The van der Waals surface area contributed by atoms with Gasteiger partial charge in [-0.3, -0.25) is 14.6 Å². The van der Waals surface area contributed by atoms with Crippen LogP contribution >= 0.6 is 0 Å². The first-order valence-electron chi connectivity index (χ1n) is 8.08. The molecular formula is C19H20N2O3. The van der Waals surface area contributed by atoms with Gasteiger partial charge in [0.25, 0.3) is 5.91 Å². The SMILES string of the molecule is COc1ccccc1C(=O)[C@H]1CCCN(C(=O)c2ccccn2)C1. The molecule has 0 radical (unpaired) electrons. The fraction of sp³-hybridized carbons (Fsp3) is 0.316. The van der Waals surface area contributed by atoms with Crippen LogP contribution in [0.15, 0.2) is 48.7 Å². The number of piperidine rings is 1. The first-order valence-corrected chi connectivity index (χ1v) is 8.08. The van der Waals surface area contributed by atoms with Crippen molar-refractivity contribution in [2.45, 2.75) is 12.8 Å². The first kappa shape index (κ1) is 16.2. The van der Waals surface area contributed by atoms with Crippen LogP contribution in [-0.4, -0.2) is 41.8 Å². The van der Waals surface area contributed by atoms with E-state index in [1.54, 1.807) is 48.5 Å². The van der Waals surface area contributed by atoms with Crippen molar-refractivity contribution in [2.24, 2.45) is 5.92 Å². The van der Waals surface area contributed by atoms with Gasteiger partial charge in [0.05, 0.1) is 12.7 Å². The Morgan fingerprint density at radius 2 is 1.96 bits per heavy atom. The number of Topliss-reactive ketones (excluding diaryl/α,β-unsaturated/α-hetero) is 1. The molecule has 3 rings (SSSR count). The number of hydrogen-bond acceptors (Lipinski definition) is 4. The lowest BCUT2D eigenvalue weighted by atomic mass is 9.89. The highest BCUT2D eigenvalue weighted by molar-refractivity contribution is 6.01. The minimum Gasteiger partial charge on any atom is -0.496 e. The zero-order valence-corrected chi connectivity index (χ0v) is 13.6. The highest BCUT2D eigenvalue weighted by Gasteiger charge is 2.30. The normalized spacial score (nSPS) is 17.4. The van der Waals surface area contributed by atoms with Crippen LogP contribution in [-0.2, 0) is 0 Å². The number of aromatic nitrogens is 1. The van der Waals surface area contributed by atoms with Gasteiger partial charge in [-0.05, 0) is 37.1 Å². The van der Waals surface area contributed by atoms with Gasteiger partial charge in [-0.15, -0.1) is 0 Å². The monoisotopic (exact) mass is 324 g/mol. The van der Waals surface area contributed by atoms with E-state index >= 15 is 0 Å². The van der Waals surface area contributed by atoms with Crippen LogP contribution in [0, 0.1) is 5.92 Å². The summed E-state index contributed by atoms with van der Waals surface area (Å²) in [6, 6.07) is 12.5. The Labute approximate surface area is 141 Å². The zero-order valence-electron chi connectivity index (χ0n) is 13.6. The van der Waals surface area contributed by atoms with Crippen LogP contribution in [0.1, 0.15) is 33.7 Å². The van der Waals surface area contributed by atoms with Crippen molar-refractivity contribution < 1.29 is 14.3 Å². The van der Waals surface area contributed by atoms with Gasteiger partial charge >= 0.3 is 0 Å². The second kappa shape index (κ2) is 7.25. The van der Waals surface area contributed by atoms with E-state index in [2.05, 4.69) is 4.98 Å². The molecule has 0 bridgehead atoms. The quantitative estimate of drug-likeness (QED) is 0.812. The summed E-state index contributed by atoms with van der Waals surface area (Å²) in [5.41, 5.74) is 1.00. The van der Waals surface area contributed by atoms with E-state index in [1.807, 2.05) is 12.1 Å². The second-order valence-corrected chi connectivity index (χ2v) is 5.87. The second-order valence-electron chi connectivity index (χ2n) is 5.87. The topological polar surface area (TPSA) is 59.5 Å². The first-order chi connectivity index (χ1) is 11.7. The highest BCUT2D eigenvalue weighted by Crippen LogP contribution is 2.26. The number of nitrogens with zero attached hydrogens (tertiary/aromatic N) is 2. The predicted octanol–water partition coefficient (Wildman–Crippen LogP) is 2.83. The van der Waals surface area contributed by atoms with Crippen molar-refractivity contribution in [3.05, 3.63) is 59.9 Å². The van der Waals surface area contributed by atoms with Gasteiger partial charge in [0.1, 0.15) is 11.4 Å². The third-order valence-electron chi connectivity index (χ3n) is 4.34. The van der Waals surface area contributed by atoms with E-state index in [0.29, 0.717) is 30.1 Å². The maximum absolute atomic E-state index is 12.9. The fourth-order valence-corrected chi connectivity index (χ4v) is 3.09. The molecule has 1 saturated heterocycles. The number of pyridine rings is 1. The van der Waals surface area contributed by atoms with E-state index in [9.17, 15) is 9.59 Å². The van der Waals surface area contributed by atoms with Crippen molar-refractivity contribution in [1.82, 2.24) is 9.88 Å². The van der Waals surface area contributed by atoms with Crippen LogP contribution in [0.4, 0.5) is 0 Å². The number of benzene rings is 1. The van der Waals surface area contributed by atoms with Crippen LogP contribution in [0.2, 0.25) is 0 Å². The van der Waals surface area contributed by atoms with Crippen molar-refractivity contribution in [1.29, 1.82) is 0 Å². The Morgan fingerprint density at radius 1 is 1.17 bits per heavy atom. The number of methoxy groups -OCH3 is 1. The summed E-state index contributed by atoms with van der Waals surface area (Å²) in [6.45, 7) is 1.08. The Bertz CT molecular complexity index is 730. The van der Waals surface area contributed by atoms with Crippen LogP contribution in [0.5, 0.6) is 5.75 Å². The molecule has 1 aromatic heterocycles. The molecule has 0 N–H and O–H groups in total. The summed E-state index contributed by atoms with van der Waals surface area (Å²) in [5.74, 6) is 0.289. The molecule has 5 nitrogen and oxygen atoms in total. The summed E-state index contributed by atoms with van der Waals surface area (Å²) in [4.78, 5) is 31.2. The predicted molar refractivity (Wildman–Crippen MR) is 90.2 cm³/mol. The zero-order chi connectivity index (χ0) is 16.9. The van der Waals surface area contributed by atoms with Gasteiger partial charge in [0.15, 0.2) is 5.78 Å². The molecule has 1 aromatic carbocycles. The molecule has 1 aliphatic heterocycles. The van der Waals surface area contributed by atoms with E-state index in [4.69, 9.17) is 4.74 Å². The Balaban J connectivity index is 1.76. The smallest absolute Gasteiger partial charge is 0.272 e. The molecule has 1 fully saturated rings. The van der Waals surface area contributed by atoms with E-state index in [-0.39, 0.29) is 17.6 Å². The molecule has 1 amide bonds. The molecule has 0 spiro atoms. The van der Waals surface area contributed by atoms with E-state index in [1.165, 1.54) is 0 Å². The van der Waals surface area contributed by atoms with Crippen LogP contribution in [0.25, 0.3) is 0 Å². The van der Waals surface area contributed by atoms with Crippen molar-refractivity contribution in [3.8, 4) is 5.75 Å². The lowest BCUT2D eigenvalue weighted by Gasteiger charge is -2.32. The van der Waals surface area contributed by atoms with Crippen molar-refractivity contribution in [2.75, 3.05) is 20.2 Å². The molecule has 2 aromatic rings. The number of rotatable bonds is 4. The summed E-state index contributed by atoms with van der Waals surface area (Å²) in [6.07, 6.45) is 3.20. The molecule has 5 heteroatoms. The maximum atomic E-state index is 12.9. The number of carbonyl (C=O) groups is 2. The van der Waals surface area contributed by atoms with Crippen molar-refractivity contribution >= 4 is 11.7 Å². The maximum Gasteiger partial charge on any atom is 0.272 e. The Hall–Kier alpha value is -2.69. The van der Waals surface area contributed by atoms with Gasteiger partial charge < -0.3 is 9.64 Å². The molecule has 0 saturated carbocycles. The molecule has 2 heterocycles. The summed E-state index contributed by atoms with van der Waals surface area (Å²) < 4.78 is 5.29. The fourth-order valence-electron chi connectivity index (χ4n) is 3.09. The van der Waals surface area contributed by atoms with Crippen LogP contribution in [0.3, 0.4) is 0 Å². The standard InChI is InChI=1S/C19H20N2O3/c1-24-17-10-3-2-8-15(17)18(22)14-7-6-12-21(13-14)19(23)16-9-4-5-11-20-16/h2-5,8-11,14H,6-7,12-13H2,1H3/t14-/m0/s1. The molecule has 0 aliphatic carbocycles. The van der Waals surface area contributed by atoms with E-state index in [0.717, 1.165) is 12.8 Å². The molecular weight excluding hydrogens is 304 g/mol. The highest BCUT2D eigenvalue weighted by atomic mass is 16.5. The number of ether oxygens (including phenoxy) is 1. The van der Waals surface area contributed by atoms with Gasteiger partial charge in [0.2, 0.25) is 0 Å². The number of ketones is 1. The number of amides is 1. The van der Waals surface area contributed by atoms with Gasteiger partial charge in [0, 0.05) is 25.2 Å². The van der Waals surface area contributed by atoms with Crippen LogP contribution < -0.4 is 4.74 Å². The largest absolute Gasteiger partial charge is 0.496 e. The number of para-hydroxylation sites is 1. The van der Waals surface area contributed by atoms with Gasteiger partial charge in [-0.2, -0.15) is 0 Å².